The number of esters is 1. The lowest BCUT2D eigenvalue weighted by Gasteiger charge is -2.59. The maximum atomic E-state index is 13.3. The second kappa shape index (κ2) is 6.92. The monoisotopic (exact) mass is 468 g/mol. The number of epoxide rings is 1. The van der Waals surface area contributed by atoms with E-state index in [4.69, 9.17) is 9.47 Å². The molecule has 6 aliphatic rings. The third-order valence-electron chi connectivity index (χ3n) is 11.0. The highest BCUT2D eigenvalue weighted by Crippen LogP contribution is 2.71. The Kier molecular flexibility index (Phi) is 4.62. The van der Waals surface area contributed by atoms with E-state index in [1.54, 1.807) is 19.1 Å². The number of ether oxygens (including phenoxy) is 2. The largest absolute Gasteiger partial charge is 0.454 e. The van der Waals surface area contributed by atoms with Gasteiger partial charge < -0.3 is 19.7 Å². The van der Waals surface area contributed by atoms with Crippen molar-refractivity contribution in [3.05, 3.63) is 34.4 Å². The van der Waals surface area contributed by atoms with Crippen LogP contribution in [0.5, 0.6) is 0 Å². The number of hydrogen-bond acceptors (Lipinski definition) is 6. The minimum Gasteiger partial charge on any atom is -0.454 e. The zero-order chi connectivity index (χ0) is 24.4. The summed E-state index contributed by atoms with van der Waals surface area (Å²) < 4.78 is 12.0. The molecule has 6 nitrogen and oxygen atoms in total. The van der Waals surface area contributed by atoms with Crippen LogP contribution in [-0.4, -0.2) is 52.0 Å². The summed E-state index contributed by atoms with van der Waals surface area (Å²) in [6.45, 7) is 9.98. The van der Waals surface area contributed by atoms with Crippen LogP contribution in [0, 0.1) is 28.6 Å². The average molecular weight is 469 g/mol. The van der Waals surface area contributed by atoms with Crippen LogP contribution >= 0.6 is 0 Å². The van der Waals surface area contributed by atoms with Crippen molar-refractivity contribution in [2.75, 3.05) is 0 Å². The van der Waals surface area contributed by atoms with Crippen molar-refractivity contribution in [2.45, 2.75) is 96.7 Å². The number of aliphatic hydroxyl groups excluding tert-OH is 1. The first-order chi connectivity index (χ1) is 15.9. The second-order valence-corrected chi connectivity index (χ2v) is 12.2. The maximum Gasteiger partial charge on any atom is 0.334 e. The van der Waals surface area contributed by atoms with Gasteiger partial charge in [0.15, 0.2) is 5.78 Å². The molecule has 0 amide bonds. The third-order valence-corrected chi connectivity index (χ3v) is 11.0. The smallest absolute Gasteiger partial charge is 0.334 e. The van der Waals surface area contributed by atoms with Gasteiger partial charge in [0.05, 0.1) is 17.6 Å². The molecule has 0 aromatic heterocycles. The molecule has 4 aliphatic carbocycles. The van der Waals surface area contributed by atoms with Crippen molar-refractivity contribution < 1.29 is 29.3 Å². The highest BCUT2D eigenvalue weighted by molar-refractivity contribution is 5.97. The quantitative estimate of drug-likeness (QED) is 0.348. The van der Waals surface area contributed by atoms with Gasteiger partial charge >= 0.3 is 5.97 Å². The SMILES string of the molecule is CC1=C(C)C(=O)O[C@@H](/C(C)=C2\[C@H](O)C[C@H]3[C@@H]4[C@@H]5O[C@@H]5[C@@]5(O)CC=CC(=O)[C@]5(C)[C@H]4CC[C@]23C)C1. The number of rotatable bonds is 1. The molecule has 34 heavy (non-hydrogen) atoms. The van der Waals surface area contributed by atoms with Gasteiger partial charge in [-0.3, -0.25) is 4.79 Å². The molecule has 1 saturated heterocycles. The molecular weight excluding hydrogens is 432 g/mol. The van der Waals surface area contributed by atoms with Crippen molar-refractivity contribution in [2.24, 2.45) is 28.6 Å². The predicted octanol–water partition coefficient (Wildman–Crippen LogP) is 3.42. The molecule has 0 unspecified atom stereocenters. The van der Waals surface area contributed by atoms with Crippen LogP contribution in [0.25, 0.3) is 0 Å². The van der Waals surface area contributed by atoms with Gasteiger partial charge in [-0.2, -0.15) is 0 Å². The molecule has 10 atom stereocenters. The lowest BCUT2D eigenvalue weighted by Crippen LogP contribution is -2.67. The van der Waals surface area contributed by atoms with Crippen LogP contribution in [0.4, 0.5) is 0 Å². The van der Waals surface area contributed by atoms with E-state index in [0.717, 1.165) is 29.6 Å². The fourth-order valence-electron chi connectivity index (χ4n) is 8.81. The molecule has 0 radical (unpaired) electrons. The zero-order valence-corrected chi connectivity index (χ0v) is 20.8. The third kappa shape index (κ3) is 2.57. The van der Waals surface area contributed by atoms with Gasteiger partial charge in [0, 0.05) is 12.0 Å². The lowest BCUT2D eigenvalue weighted by atomic mass is 9.44. The van der Waals surface area contributed by atoms with E-state index < -0.39 is 17.1 Å². The number of cyclic esters (lactones) is 1. The van der Waals surface area contributed by atoms with Crippen LogP contribution in [0.1, 0.15) is 66.7 Å². The fourth-order valence-corrected chi connectivity index (χ4v) is 8.81. The Labute approximate surface area is 201 Å². The van der Waals surface area contributed by atoms with Gasteiger partial charge in [0.2, 0.25) is 0 Å². The first kappa shape index (κ1) is 22.7. The number of carbonyl (C=O) groups is 2. The Hall–Kier alpha value is -1.76. The summed E-state index contributed by atoms with van der Waals surface area (Å²) in [5.41, 5.74) is 1.43. The van der Waals surface area contributed by atoms with Crippen LogP contribution in [0.15, 0.2) is 34.4 Å². The minimum absolute atomic E-state index is 0.00560. The normalized spacial score (nSPS) is 53.0. The van der Waals surface area contributed by atoms with Crippen molar-refractivity contribution in [1.29, 1.82) is 0 Å². The Bertz CT molecular complexity index is 1080. The van der Waals surface area contributed by atoms with Crippen LogP contribution < -0.4 is 0 Å². The summed E-state index contributed by atoms with van der Waals surface area (Å²) in [5, 5.41) is 23.1. The molecular formula is C28H36O6. The number of fused-ring (bicyclic) bond motifs is 8. The van der Waals surface area contributed by atoms with E-state index in [1.165, 1.54) is 0 Å². The highest BCUT2D eigenvalue weighted by Gasteiger charge is 2.77. The Morgan fingerprint density at radius 3 is 2.62 bits per heavy atom. The summed E-state index contributed by atoms with van der Waals surface area (Å²) >= 11 is 0. The number of ketones is 1. The van der Waals surface area contributed by atoms with Crippen molar-refractivity contribution >= 4 is 11.8 Å². The standard InChI is InChI=1S/C28H36O6/c1-13-11-19(33-25(31)14(13)2)15(3)22-18(29)12-17-21-16(8-10-26(17,22)4)27(5)20(30)7-6-9-28(27,32)24-23(21)34-24/h6-7,16-19,21,23-24,29,32H,8-12H2,1-5H3/b22-15+/t16-,17-,18+,19+,21+,23-,24-,26-,27-,28-/m0/s1. The molecule has 2 heterocycles. The van der Waals surface area contributed by atoms with E-state index in [1.807, 2.05) is 20.8 Å². The van der Waals surface area contributed by atoms with Gasteiger partial charge in [-0.05, 0) is 93.8 Å². The molecule has 6 rings (SSSR count). The van der Waals surface area contributed by atoms with Gasteiger partial charge in [-0.1, -0.05) is 18.6 Å². The Morgan fingerprint density at radius 2 is 1.91 bits per heavy atom. The zero-order valence-electron chi connectivity index (χ0n) is 20.8. The molecule has 0 bridgehead atoms. The fraction of sp³-hybridized carbons (Fsp3) is 0.714. The van der Waals surface area contributed by atoms with Crippen molar-refractivity contribution in [3.8, 4) is 0 Å². The number of carbonyl (C=O) groups excluding carboxylic acids is 2. The molecule has 6 heteroatoms. The first-order valence-corrected chi connectivity index (χ1v) is 12.8. The van der Waals surface area contributed by atoms with Gasteiger partial charge in [0.25, 0.3) is 0 Å². The summed E-state index contributed by atoms with van der Waals surface area (Å²) in [6, 6.07) is 0. The van der Waals surface area contributed by atoms with Crippen LogP contribution in [0.3, 0.4) is 0 Å². The van der Waals surface area contributed by atoms with E-state index in [9.17, 15) is 19.8 Å². The molecule has 0 aromatic carbocycles. The predicted molar refractivity (Wildman–Crippen MR) is 124 cm³/mol. The summed E-state index contributed by atoms with van der Waals surface area (Å²) in [7, 11) is 0. The molecule has 184 valence electrons. The molecule has 4 fully saturated rings. The van der Waals surface area contributed by atoms with Gasteiger partial charge in [-0.25, -0.2) is 4.79 Å². The number of aliphatic hydroxyl groups is 2. The molecule has 2 N–H and O–H groups in total. The lowest BCUT2D eigenvalue weighted by molar-refractivity contribution is -0.178. The van der Waals surface area contributed by atoms with Gasteiger partial charge in [-0.15, -0.1) is 0 Å². The number of allylic oxidation sites excluding steroid dienone is 1. The van der Waals surface area contributed by atoms with E-state index in [-0.39, 0.29) is 53.2 Å². The molecule has 0 aromatic rings. The van der Waals surface area contributed by atoms with Crippen molar-refractivity contribution in [3.63, 3.8) is 0 Å². The maximum absolute atomic E-state index is 13.3. The minimum atomic E-state index is -1.15. The second-order valence-electron chi connectivity index (χ2n) is 12.2. The van der Waals surface area contributed by atoms with Crippen LogP contribution in [-0.2, 0) is 19.1 Å². The highest BCUT2D eigenvalue weighted by atomic mass is 16.6. The Morgan fingerprint density at radius 1 is 1.18 bits per heavy atom. The van der Waals surface area contributed by atoms with E-state index in [2.05, 4.69) is 6.92 Å². The summed E-state index contributed by atoms with van der Waals surface area (Å²) in [4.78, 5) is 25.7. The molecule has 3 saturated carbocycles. The topological polar surface area (TPSA) is 96.4 Å². The summed E-state index contributed by atoms with van der Waals surface area (Å²) in [6.07, 6.45) is 5.45. The average Bonchev–Trinajstić information content (AvgIpc) is 3.53. The van der Waals surface area contributed by atoms with E-state index in [0.29, 0.717) is 24.8 Å². The van der Waals surface area contributed by atoms with Crippen molar-refractivity contribution in [1.82, 2.24) is 0 Å². The molecule has 0 spiro atoms. The van der Waals surface area contributed by atoms with E-state index >= 15 is 0 Å². The number of hydrogen-bond donors (Lipinski definition) is 2. The van der Waals surface area contributed by atoms with Crippen LogP contribution in [0.2, 0.25) is 0 Å². The summed E-state index contributed by atoms with van der Waals surface area (Å²) in [5.74, 6) is 0.0142. The first-order valence-electron chi connectivity index (χ1n) is 12.8. The Balaban J connectivity index is 1.39. The van der Waals surface area contributed by atoms with Gasteiger partial charge in [0.1, 0.15) is 17.8 Å². The molecule has 2 aliphatic heterocycles.